The Balaban J connectivity index is 1.84. The number of hydrogen-bond donors (Lipinski definition) is 1. The molecule has 0 aliphatic heterocycles. The van der Waals surface area contributed by atoms with Crippen LogP contribution in [-0.4, -0.2) is 30.0 Å². The van der Waals surface area contributed by atoms with Gasteiger partial charge in [-0.05, 0) is 31.0 Å². The summed E-state index contributed by atoms with van der Waals surface area (Å²) in [5.41, 5.74) is 1.55. The zero-order valence-electron chi connectivity index (χ0n) is 14.4. The number of benzene rings is 2. The largest absolute Gasteiger partial charge is 0.481 e. The van der Waals surface area contributed by atoms with E-state index >= 15 is 0 Å². The number of esters is 1. The van der Waals surface area contributed by atoms with Crippen LogP contribution < -0.4 is 10.1 Å². The first-order valence-electron chi connectivity index (χ1n) is 7.76. The fraction of sp³-hybridized carbons (Fsp3) is 0.222. The number of aryl methyl sites for hydroxylation is 2. The highest BCUT2D eigenvalue weighted by Crippen LogP contribution is 2.23. The second kappa shape index (κ2) is 8.61. The van der Waals surface area contributed by atoms with Crippen molar-refractivity contribution in [3.8, 4) is 5.75 Å². The van der Waals surface area contributed by atoms with E-state index in [0.717, 1.165) is 11.1 Å². The molecule has 0 saturated carbocycles. The Bertz CT molecular complexity index is 814. The Kier molecular flexibility index (Phi) is 6.26. The molecule has 0 unspecified atom stereocenters. The van der Waals surface area contributed by atoms with Crippen LogP contribution in [0.25, 0.3) is 0 Å². The molecule has 0 aromatic heterocycles. The molecule has 136 valence electrons. The van der Waals surface area contributed by atoms with Crippen molar-refractivity contribution in [2.24, 2.45) is 0 Å². The van der Waals surface area contributed by atoms with Gasteiger partial charge in [-0.3, -0.25) is 14.9 Å². The molecule has 26 heavy (non-hydrogen) atoms. The number of ether oxygens (including phenoxy) is 2. The third kappa shape index (κ3) is 5.04. The predicted octanol–water partition coefficient (Wildman–Crippen LogP) is 2.77. The lowest BCUT2D eigenvalue weighted by Crippen LogP contribution is -2.24. The Labute approximate surface area is 149 Å². The molecule has 2 rings (SSSR count). The second-order valence-corrected chi connectivity index (χ2v) is 5.49. The molecular formula is C18H18N2O6. The van der Waals surface area contributed by atoms with Crippen LogP contribution in [0.1, 0.15) is 11.1 Å². The van der Waals surface area contributed by atoms with Crippen LogP contribution in [0.5, 0.6) is 5.75 Å². The van der Waals surface area contributed by atoms with Gasteiger partial charge in [-0.15, -0.1) is 0 Å². The zero-order valence-corrected chi connectivity index (χ0v) is 14.4. The summed E-state index contributed by atoms with van der Waals surface area (Å²) in [6, 6.07) is 11.3. The highest BCUT2D eigenvalue weighted by Gasteiger charge is 2.16. The Morgan fingerprint density at radius 1 is 1.04 bits per heavy atom. The molecule has 0 heterocycles. The lowest BCUT2D eigenvalue weighted by Gasteiger charge is -2.11. The molecule has 0 aliphatic carbocycles. The number of amides is 1. The van der Waals surface area contributed by atoms with Crippen molar-refractivity contribution in [3.63, 3.8) is 0 Å². The summed E-state index contributed by atoms with van der Waals surface area (Å²) in [6.45, 7) is 2.80. The smallest absolute Gasteiger partial charge is 0.344 e. The first-order valence-corrected chi connectivity index (χ1v) is 7.76. The molecule has 0 fully saturated rings. The summed E-state index contributed by atoms with van der Waals surface area (Å²) in [5, 5.41) is 13.2. The van der Waals surface area contributed by atoms with Crippen LogP contribution in [0.2, 0.25) is 0 Å². The number of rotatable bonds is 7. The summed E-state index contributed by atoms with van der Waals surface area (Å²) >= 11 is 0. The highest BCUT2D eigenvalue weighted by atomic mass is 16.6. The molecule has 1 amide bonds. The van der Waals surface area contributed by atoms with E-state index in [-0.39, 0.29) is 18.0 Å². The summed E-state index contributed by atoms with van der Waals surface area (Å²) in [5.74, 6) is -0.807. The van der Waals surface area contributed by atoms with Crippen LogP contribution in [0.3, 0.4) is 0 Å². The van der Waals surface area contributed by atoms with Gasteiger partial charge in [-0.2, -0.15) is 0 Å². The maximum Gasteiger partial charge on any atom is 0.344 e. The summed E-state index contributed by atoms with van der Waals surface area (Å²) in [7, 11) is 0. The van der Waals surface area contributed by atoms with E-state index in [4.69, 9.17) is 9.47 Å². The molecule has 0 radical (unpaired) electrons. The maximum atomic E-state index is 11.8. The van der Waals surface area contributed by atoms with Crippen molar-refractivity contribution in [2.45, 2.75) is 13.8 Å². The number of carbonyl (C=O) groups is 2. The van der Waals surface area contributed by atoms with E-state index in [0.29, 0.717) is 5.75 Å². The molecule has 0 aliphatic rings. The standard InChI is InChI=1S/C18H18N2O6/c1-12-6-5-7-13(2)18(12)26-11-17(22)25-10-16(21)19-14-8-3-4-9-15(14)20(23)24/h3-9H,10-11H2,1-2H3,(H,19,21). The monoisotopic (exact) mass is 358 g/mol. The summed E-state index contributed by atoms with van der Waals surface area (Å²) < 4.78 is 10.3. The highest BCUT2D eigenvalue weighted by molar-refractivity contribution is 5.94. The van der Waals surface area contributed by atoms with Crippen LogP contribution in [0, 0.1) is 24.0 Å². The van der Waals surface area contributed by atoms with Crippen LogP contribution in [0.15, 0.2) is 42.5 Å². The van der Waals surface area contributed by atoms with E-state index in [1.54, 1.807) is 6.07 Å². The molecular weight excluding hydrogens is 340 g/mol. The second-order valence-electron chi connectivity index (χ2n) is 5.49. The van der Waals surface area contributed by atoms with Crippen molar-refractivity contribution < 1.29 is 24.0 Å². The SMILES string of the molecule is Cc1cccc(C)c1OCC(=O)OCC(=O)Nc1ccccc1[N+](=O)[O-]. The minimum absolute atomic E-state index is 0.0327. The molecule has 2 aromatic rings. The molecule has 0 bridgehead atoms. The zero-order chi connectivity index (χ0) is 19.1. The molecule has 8 nitrogen and oxygen atoms in total. The van der Waals surface area contributed by atoms with Gasteiger partial charge in [-0.1, -0.05) is 30.3 Å². The predicted molar refractivity (Wildman–Crippen MR) is 94.1 cm³/mol. The lowest BCUT2D eigenvalue weighted by molar-refractivity contribution is -0.383. The van der Waals surface area contributed by atoms with Crippen molar-refractivity contribution in [1.82, 2.24) is 0 Å². The van der Waals surface area contributed by atoms with Crippen LogP contribution >= 0.6 is 0 Å². The molecule has 8 heteroatoms. The average Bonchev–Trinajstić information content (AvgIpc) is 2.60. The third-order valence-corrected chi connectivity index (χ3v) is 3.48. The van der Waals surface area contributed by atoms with Crippen molar-refractivity contribution in [2.75, 3.05) is 18.5 Å². The van der Waals surface area contributed by atoms with Gasteiger partial charge in [-0.25, -0.2) is 4.79 Å². The molecule has 0 spiro atoms. The van der Waals surface area contributed by atoms with Gasteiger partial charge in [0, 0.05) is 6.07 Å². The Hall–Kier alpha value is -3.42. The third-order valence-electron chi connectivity index (χ3n) is 3.48. The lowest BCUT2D eigenvalue weighted by atomic mass is 10.1. The van der Waals surface area contributed by atoms with E-state index in [1.807, 2.05) is 32.0 Å². The number of hydrogen-bond acceptors (Lipinski definition) is 6. The van der Waals surface area contributed by atoms with Gasteiger partial charge in [0.05, 0.1) is 4.92 Å². The molecule has 0 atom stereocenters. The van der Waals surface area contributed by atoms with Crippen molar-refractivity contribution in [3.05, 3.63) is 63.7 Å². The topological polar surface area (TPSA) is 108 Å². The molecule has 2 aromatic carbocycles. The molecule has 1 N–H and O–H groups in total. The summed E-state index contributed by atoms with van der Waals surface area (Å²) in [4.78, 5) is 33.8. The van der Waals surface area contributed by atoms with Gasteiger partial charge in [0.15, 0.2) is 13.2 Å². The minimum Gasteiger partial charge on any atom is -0.481 e. The first kappa shape index (κ1) is 18.9. The van der Waals surface area contributed by atoms with E-state index in [1.165, 1.54) is 18.2 Å². The number of carbonyl (C=O) groups excluding carboxylic acids is 2. The van der Waals surface area contributed by atoms with Gasteiger partial charge >= 0.3 is 5.97 Å². The number of nitrogens with zero attached hydrogens (tertiary/aromatic N) is 1. The number of nitrogens with one attached hydrogen (secondary N) is 1. The Morgan fingerprint density at radius 3 is 2.35 bits per heavy atom. The van der Waals surface area contributed by atoms with Crippen LogP contribution in [0.4, 0.5) is 11.4 Å². The van der Waals surface area contributed by atoms with E-state index in [9.17, 15) is 19.7 Å². The number of nitro groups is 1. The fourth-order valence-corrected chi connectivity index (χ4v) is 2.27. The van der Waals surface area contributed by atoms with Gasteiger partial charge in [0.25, 0.3) is 11.6 Å². The maximum absolute atomic E-state index is 11.8. The minimum atomic E-state index is -0.717. The van der Waals surface area contributed by atoms with Crippen molar-refractivity contribution in [1.29, 1.82) is 0 Å². The average molecular weight is 358 g/mol. The van der Waals surface area contributed by atoms with Gasteiger partial charge in [0.1, 0.15) is 11.4 Å². The quantitative estimate of drug-likeness (QED) is 0.463. The Morgan fingerprint density at radius 2 is 1.69 bits per heavy atom. The van der Waals surface area contributed by atoms with Gasteiger partial charge in [0.2, 0.25) is 0 Å². The number of para-hydroxylation sites is 3. The van der Waals surface area contributed by atoms with E-state index in [2.05, 4.69) is 5.32 Å². The van der Waals surface area contributed by atoms with Crippen LogP contribution in [-0.2, 0) is 14.3 Å². The van der Waals surface area contributed by atoms with Gasteiger partial charge < -0.3 is 14.8 Å². The molecule has 0 saturated heterocycles. The normalized spacial score (nSPS) is 10.1. The van der Waals surface area contributed by atoms with Crippen molar-refractivity contribution >= 4 is 23.3 Å². The fourth-order valence-electron chi connectivity index (χ4n) is 2.27. The van der Waals surface area contributed by atoms with E-state index < -0.39 is 23.4 Å². The number of nitro benzene ring substituents is 1. The first-order chi connectivity index (χ1) is 12.4. The summed E-state index contributed by atoms with van der Waals surface area (Å²) in [6.07, 6.45) is 0. The number of anilines is 1.